The van der Waals surface area contributed by atoms with Crippen LogP contribution in [-0.4, -0.2) is 6.61 Å². The van der Waals surface area contributed by atoms with Crippen LogP contribution in [0.1, 0.15) is 50.7 Å². The van der Waals surface area contributed by atoms with Crippen LogP contribution in [0.2, 0.25) is 0 Å². The number of hydrogen-bond acceptors (Lipinski definition) is 1. The van der Waals surface area contributed by atoms with Gasteiger partial charge in [0.1, 0.15) is 5.76 Å². The van der Waals surface area contributed by atoms with Crippen LogP contribution in [0.25, 0.3) is 5.76 Å². The molecule has 2 saturated carbocycles. The molecule has 2 aromatic carbocycles. The van der Waals surface area contributed by atoms with E-state index in [-0.39, 0.29) is 0 Å². The number of rotatable bonds is 5. The zero-order valence-electron chi connectivity index (χ0n) is 16.7. The van der Waals surface area contributed by atoms with Crippen LogP contribution in [0.4, 0.5) is 0 Å². The standard InChI is InChI=1S/C26H32O/c1-19-15-22-17-20(2)25(24(16-19)18-22)26(23-11-7-4-8-12-23)27-14-13-21-9-5-3-6-10-21/h3-12,19-20,22,24H,13-18H2,1-2H3/b26-25-. The highest BCUT2D eigenvalue weighted by Crippen LogP contribution is 2.50. The summed E-state index contributed by atoms with van der Waals surface area (Å²) in [6.07, 6.45) is 6.40. The van der Waals surface area contributed by atoms with Gasteiger partial charge in [-0.2, -0.15) is 0 Å². The molecule has 0 N–H and O–H groups in total. The second kappa shape index (κ2) is 8.33. The normalized spacial score (nSPS) is 29.3. The zero-order chi connectivity index (χ0) is 18.6. The maximum Gasteiger partial charge on any atom is 0.126 e. The fourth-order valence-electron chi connectivity index (χ4n) is 5.47. The average molecular weight is 361 g/mol. The van der Waals surface area contributed by atoms with Crippen molar-refractivity contribution < 1.29 is 4.74 Å². The Morgan fingerprint density at radius 1 is 0.852 bits per heavy atom. The smallest absolute Gasteiger partial charge is 0.126 e. The first-order valence-corrected chi connectivity index (χ1v) is 10.7. The Kier molecular flexibility index (Phi) is 5.66. The van der Waals surface area contributed by atoms with Gasteiger partial charge in [-0.05, 0) is 60.5 Å². The van der Waals surface area contributed by atoms with Crippen molar-refractivity contribution in [1.29, 1.82) is 0 Å². The van der Waals surface area contributed by atoms with E-state index in [0.29, 0.717) is 11.8 Å². The van der Waals surface area contributed by atoms with Crippen LogP contribution in [0, 0.1) is 23.7 Å². The lowest BCUT2D eigenvalue weighted by Crippen LogP contribution is -2.32. The maximum atomic E-state index is 6.55. The van der Waals surface area contributed by atoms with Crippen molar-refractivity contribution in [2.75, 3.05) is 6.61 Å². The molecule has 4 atom stereocenters. The Labute approximate surface area is 164 Å². The molecular formula is C26H32O. The van der Waals surface area contributed by atoms with Crippen LogP contribution in [0.3, 0.4) is 0 Å². The molecule has 2 aliphatic rings. The second-order valence-corrected chi connectivity index (χ2v) is 8.75. The summed E-state index contributed by atoms with van der Waals surface area (Å²) in [7, 11) is 0. The van der Waals surface area contributed by atoms with Gasteiger partial charge in [-0.3, -0.25) is 0 Å². The van der Waals surface area contributed by atoms with E-state index in [9.17, 15) is 0 Å². The number of fused-ring (bicyclic) bond motifs is 2. The van der Waals surface area contributed by atoms with Crippen LogP contribution >= 0.6 is 0 Å². The van der Waals surface area contributed by atoms with Crippen molar-refractivity contribution in [3.8, 4) is 0 Å². The molecule has 2 fully saturated rings. The highest BCUT2D eigenvalue weighted by molar-refractivity contribution is 5.64. The number of ether oxygens (including phenoxy) is 1. The van der Waals surface area contributed by atoms with Gasteiger partial charge in [0, 0.05) is 12.0 Å². The van der Waals surface area contributed by atoms with Crippen LogP contribution < -0.4 is 0 Å². The largest absolute Gasteiger partial charge is 0.493 e. The topological polar surface area (TPSA) is 9.23 Å². The summed E-state index contributed by atoms with van der Waals surface area (Å²) in [6.45, 7) is 5.61. The van der Waals surface area contributed by atoms with Gasteiger partial charge in [-0.15, -0.1) is 0 Å². The molecule has 0 radical (unpaired) electrons. The highest BCUT2D eigenvalue weighted by Gasteiger charge is 2.38. The number of allylic oxidation sites excluding steroid dienone is 1. The Hall–Kier alpha value is -2.02. The summed E-state index contributed by atoms with van der Waals surface area (Å²) >= 11 is 0. The van der Waals surface area contributed by atoms with Gasteiger partial charge in [0.05, 0.1) is 6.61 Å². The molecule has 4 unspecified atom stereocenters. The molecule has 0 aliphatic heterocycles. The van der Waals surface area contributed by atoms with Gasteiger partial charge in [0.2, 0.25) is 0 Å². The predicted molar refractivity (Wildman–Crippen MR) is 113 cm³/mol. The summed E-state index contributed by atoms with van der Waals surface area (Å²) in [4.78, 5) is 0. The van der Waals surface area contributed by atoms with E-state index in [2.05, 4.69) is 74.5 Å². The summed E-state index contributed by atoms with van der Waals surface area (Å²) in [5, 5.41) is 0. The third-order valence-electron chi connectivity index (χ3n) is 6.48. The molecule has 0 saturated heterocycles. The Balaban J connectivity index is 1.61. The lowest BCUT2D eigenvalue weighted by atomic mass is 9.62. The first kappa shape index (κ1) is 18.3. The molecule has 0 aromatic heterocycles. The molecular weight excluding hydrogens is 328 g/mol. The summed E-state index contributed by atoms with van der Waals surface area (Å²) in [5.41, 5.74) is 4.19. The lowest BCUT2D eigenvalue weighted by molar-refractivity contribution is 0.156. The molecule has 0 amide bonds. The second-order valence-electron chi connectivity index (χ2n) is 8.75. The molecule has 4 rings (SSSR count). The van der Waals surface area contributed by atoms with Crippen LogP contribution in [0.5, 0.6) is 0 Å². The van der Waals surface area contributed by atoms with E-state index in [4.69, 9.17) is 4.74 Å². The molecule has 2 aliphatic carbocycles. The minimum atomic E-state index is 0.633. The van der Waals surface area contributed by atoms with Crippen LogP contribution in [0.15, 0.2) is 66.2 Å². The zero-order valence-corrected chi connectivity index (χ0v) is 16.7. The number of benzene rings is 2. The first-order valence-electron chi connectivity index (χ1n) is 10.7. The molecule has 1 heteroatoms. The fourth-order valence-corrected chi connectivity index (χ4v) is 5.47. The van der Waals surface area contributed by atoms with Gasteiger partial charge >= 0.3 is 0 Å². The lowest BCUT2D eigenvalue weighted by Gasteiger charge is -2.43. The fraction of sp³-hybridized carbons (Fsp3) is 0.462. The van der Waals surface area contributed by atoms with Gasteiger partial charge in [-0.1, -0.05) is 74.5 Å². The quantitative estimate of drug-likeness (QED) is 0.536. The van der Waals surface area contributed by atoms with E-state index >= 15 is 0 Å². The van der Waals surface area contributed by atoms with Crippen molar-refractivity contribution in [3.05, 3.63) is 77.4 Å². The summed E-state index contributed by atoms with van der Waals surface area (Å²) in [6, 6.07) is 21.5. The molecule has 142 valence electrons. The van der Waals surface area contributed by atoms with Gasteiger partial charge in [0.25, 0.3) is 0 Å². The van der Waals surface area contributed by atoms with Crippen molar-refractivity contribution in [2.45, 2.75) is 46.0 Å². The molecule has 0 spiro atoms. The number of hydrogen-bond donors (Lipinski definition) is 0. The minimum absolute atomic E-state index is 0.633. The van der Waals surface area contributed by atoms with Crippen LogP contribution in [-0.2, 0) is 11.2 Å². The Bertz CT molecular complexity index is 757. The molecule has 0 heterocycles. The van der Waals surface area contributed by atoms with E-state index in [1.807, 2.05) is 0 Å². The summed E-state index contributed by atoms with van der Waals surface area (Å²) in [5.74, 6) is 4.27. The summed E-state index contributed by atoms with van der Waals surface area (Å²) < 4.78 is 6.55. The van der Waals surface area contributed by atoms with Crippen molar-refractivity contribution >= 4 is 5.76 Å². The highest BCUT2D eigenvalue weighted by atomic mass is 16.5. The predicted octanol–water partition coefficient (Wildman–Crippen LogP) is 6.75. The Morgan fingerprint density at radius 3 is 2.30 bits per heavy atom. The molecule has 1 nitrogen and oxygen atoms in total. The van der Waals surface area contributed by atoms with Gasteiger partial charge in [-0.25, -0.2) is 0 Å². The van der Waals surface area contributed by atoms with E-state index in [0.717, 1.165) is 24.9 Å². The first-order chi connectivity index (χ1) is 13.2. The van der Waals surface area contributed by atoms with E-state index < -0.39 is 0 Å². The van der Waals surface area contributed by atoms with Crippen molar-refractivity contribution in [2.24, 2.45) is 23.7 Å². The van der Waals surface area contributed by atoms with Crippen molar-refractivity contribution in [3.63, 3.8) is 0 Å². The molecule has 27 heavy (non-hydrogen) atoms. The minimum Gasteiger partial charge on any atom is -0.493 e. The monoisotopic (exact) mass is 360 g/mol. The Morgan fingerprint density at radius 2 is 1.56 bits per heavy atom. The SMILES string of the molecule is CC1CC2CC(C)/C(=C(/OCCc3ccccc3)c3ccccc3)C(C1)C2. The third-order valence-corrected chi connectivity index (χ3v) is 6.48. The van der Waals surface area contributed by atoms with E-state index in [1.165, 1.54) is 42.6 Å². The average Bonchev–Trinajstić information content (AvgIpc) is 2.67. The molecule has 2 bridgehead atoms. The molecule has 2 aromatic rings. The van der Waals surface area contributed by atoms with Crippen molar-refractivity contribution in [1.82, 2.24) is 0 Å². The van der Waals surface area contributed by atoms with Gasteiger partial charge < -0.3 is 4.74 Å². The van der Waals surface area contributed by atoms with Gasteiger partial charge in [0.15, 0.2) is 0 Å². The maximum absolute atomic E-state index is 6.55. The third kappa shape index (κ3) is 4.29. The van der Waals surface area contributed by atoms with E-state index in [1.54, 1.807) is 5.57 Å².